The molecule has 7 heteroatoms. The van der Waals surface area contributed by atoms with Gasteiger partial charge in [-0.25, -0.2) is 14.7 Å². The van der Waals surface area contributed by atoms with Crippen LogP contribution in [-0.4, -0.2) is 35.3 Å². The van der Waals surface area contributed by atoms with Gasteiger partial charge in [0, 0.05) is 0 Å². The Bertz CT molecular complexity index is 1040. The fraction of sp³-hybridized carbons (Fsp3) is 0.407. The molecule has 1 amide bonds. The van der Waals surface area contributed by atoms with Crippen LogP contribution in [0.2, 0.25) is 0 Å². The van der Waals surface area contributed by atoms with E-state index < -0.39 is 11.7 Å². The molecular formula is C27H35N3O3S. The van der Waals surface area contributed by atoms with Gasteiger partial charge in [-0.3, -0.25) is 0 Å². The molecule has 6 nitrogen and oxygen atoms in total. The number of nitrogens with zero attached hydrogens (tertiary/aromatic N) is 2. The van der Waals surface area contributed by atoms with Crippen LogP contribution in [0.15, 0.2) is 65.4 Å². The highest BCUT2D eigenvalue weighted by molar-refractivity contribution is 8.13. The molecule has 2 aromatic rings. The van der Waals surface area contributed by atoms with Crippen molar-refractivity contribution in [1.29, 1.82) is 0 Å². The maximum absolute atomic E-state index is 13.5. The molecule has 2 aromatic carbocycles. The van der Waals surface area contributed by atoms with Crippen molar-refractivity contribution in [1.82, 2.24) is 5.32 Å². The number of anilines is 1. The van der Waals surface area contributed by atoms with Gasteiger partial charge in [0.05, 0.1) is 29.7 Å². The molecule has 34 heavy (non-hydrogen) atoms. The van der Waals surface area contributed by atoms with Gasteiger partial charge in [0.25, 0.3) is 0 Å². The molecular weight excluding hydrogens is 446 g/mol. The Labute approximate surface area is 207 Å². The normalized spacial score (nSPS) is 15.8. The van der Waals surface area contributed by atoms with Crippen molar-refractivity contribution in [2.75, 3.05) is 11.2 Å². The Hall–Kier alpha value is -2.93. The number of hydrogen-bond acceptors (Lipinski definition) is 6. The molecule has 1 N–H and O–H groups in total. The summed E-state index contributed by atoms with van der Waals surface area (Å²) in [5.74, 6) is 0.748. The van der Waals surface area contributed by atoms with E-state index in [4.69, 9.17) is 9.47 Å². The number of carbonyl (C=O) groups is 1. The van der Waals surface area contributed by atoms with Gasteiger partial charge in [0.1, 0.15) is 11.4 Å². The molecule has 0 aromatic heterocycles. The molecule has 1 heterocycles. The van der Waals surface area contributed by atoms with Crippen molar-refractivity contribution < 1.29 is 14.3 Å². The maximum Gasteiger partial charge on any atom is 0.419 e. The Morgan fingerprint density at radius 3 is 2.32 bits per heavy atom. The molecule has 0 aliphatic carbocycles. The zero-order chi connectivity index (χ0) is 24.9. The van der Waals surface area contributed by atoms with E-state index in [-0.39, 0.29) is 12.1 Å². The first kappa shape index (κ1) is 25.7. The van der Waals surface area contributed by atoms with Gasteiger partial charge in [-0.15, -0.1) is 0 Å². The highest BCUT2D eigenvalue weighted by Gasteiger charge is 2.32. The molecule has 3 rings (SSSR count). The fourth-order valence-corrected chi connectivity index (χ4v) is 3.95. The molecule has 0 bridgehead atoms. The van der Waals surface area contributed by atoms with Gasteiger partial charge >= 0.3 is 6.09 Å². The van der Waals surface area contributed by atoms with Crippen LogP contribution in [0.1, 0.15) is 45.7 Å². The largest absolute Gasteiger partial charge is 0.491 e. The van der Waals surface area contributed by atoms with Crippen LogP contribution in [0.5, 0.6) is 5.75 Å². The lowest BCUT2D eigenvalue weighted by Crippen LogP contribution is -2.47. The number of thioether (sulfide) groups is 1. The number of ether oxygens (including phenoxy) is 2. The number of aryl methyl sites for hydroxylation is 1. The first-order valence-electron chi connectivity index (χ1n) is 11.5. The summed E-state index contributed by atoms with van der Waals surface area (Å²) in [6, 6.07) is 15.8. The fourth-order valence-electron chi connectivity index (χ4n) is 3.53. The minimum Gasteiger partial charge on any atom is -0.491 e. The van der Waals surface area contributed by atoms with Crippen LogP contribution in [0.3, 0.4) is 0 Å². The summed E-state index contributed by atoms with van der Waals surface area (Å²) >= 11 is 1.54. The zero-order valence-electron chi connectivity index (χ0n) is 21.1. The first-order chi connectivity index (χ1) is 16.1. The highest BCUT2D eigenvalue weighted by atomic mass is 32.2. The summed E-state index contributed by atoms with van der Waals surface area (Å²) < 4.78 is 11.6. The van der Waals surface area contributed by atoms with E-state index in [1.54, 1.807) is 22.9 Å². The lowest BCUT2D eigenvalue weighted by atomic mass is 10.0. The molecule has 1 unspecified atom stereocenters. The van der Waals surface area contributed by atoms with E-state index >= 15 is 0 Å². The summed E-state index contributed by atoms with van der Waals surface area (Å²) in [4.78, 5) is 19.6. The van der Waals surface area contributed by atoms with Gasteiger partial charge in [-0.05, 0) is 84.0 Å². The van der Waals surface area contributed by atoms with E-state index in [1.165, 1.54) is 11.1 Å². The Morgan fingerprint density at radius 2 is 1.76 bits per heavy atom. The van der Waals surface area contributed by atoms with Crippen molar-refractivity contribution in [3.63, 3.8) is 0 Å². The molecule has 1 atom stereocenters. The van der Waals surface area contributed by atoms with Crippen LogP contribution < -0.4 is 15.0 Å². The summed E-state index contributed by atoms with van der Waals surface area (Å²) in [5, 5.41) is 4.30. The van der Waals surface area contributed by atoms with Crippen molar-refractivity contribution in [3.05, 3.63) is 71.6 Å². The summed E-state index contributed by atoms with van der Waals surface area (Å²) in [6.45, 7) is 11.6. The van der Waals surface area contributed by atoms with E-state index in [9.17, 15) is 4.79 Å². The third-order valence-electron chi connectivity index (χ3n) is 5.02. The lowest BCUT2D eigenvalue weighted by molar-refractivity contribution is 0.0589. The SMILES string of the molecule is CSC1=NC=C(N(C(=O)OC(C)(C)C)c2ccc(OC(C)C)cc2)C(Cc2ccc(C)cc2)N1. The van der Waals surface area contributed by atoms with Gasteiger partial charge in [0.2, 0.25) is 0 Å². The second kappa shape index (κ2) is 11.0. The number of rotatable bonds is 6. The summed E-state index contributed by atoms with van der Waals surface area (Å²) in [7, 11) is 0. The predicted octanol–water partition coefficient (Wildman–Crippen LogP) is 6.30. The molecule has 1 aliphatic heterocycles. The third-order valence-corrected chi connectivity index (χ3v) is 5.63. The Morgan fingerprint density at radius 1 is 1.12 bits per heavy atom. The zero-order valence-corrected chi connectivity index (χ0v) is 21.9. The van der Waals surface area contributed by atoms with Crippen molar-refractivity contribution in [3.8, 4) is 5.75 Å². The monoisotopic (exact) mass is 481 g/mol. The third kappa shape index (κ3) is 7.03. The minimum absolute atomic E-state index is 0.0660. The number of hydrogen-bond donors (Lipinski definition) is 1. The van der Waals surface area contributed by atoms with Crippen LogP contribution in [0.4, 0.5) is 10.5 Å². The average molecular weight is 482 g/mol. The number of aliphatic imine (C=N–C) groups is 1. The van der Waals surface area contributed by atoms with Crippen molar-refractivity contribution >= 4 is 28.7 Å². The molecule has 0 fully saturated rings. The molecule has 0 radical (unpaired) electrons. The van der Waals surface area contributed by atoms with Crippen LogP contribution in [-0.2, 0) is 11.2 Å². The first-order valence-corrected chi connectivity index (χ1v) is 12.7. The lowest BCUT2D eigenvalue weighted by Gasteiger charge is -2.34. The van der Waals surface area contributed by atoms with Crippen LogP contribution in [0.25, 0.3) is 0 Å². The standard InChI is InChI=1S/C27H35N3O3S/c1-18(2)32-22-14-12-21(13-15-22)30(26(31)33-27(4,5)6)24-17-28-25(34-7)29-23(24)16-20-10-8-19(3)9-11-20/h8-15,17-18,23H,16H2,1-7H3,(H,28,29). The smallest absolute Gasteiger partial charge is 0.419 e. The molecule has 0 spiro atoms. The maximum atomic E-state index is 13.5. The number of amidine groups is 1. The summed E-state index contributed by atoms with van der Waals surface area (Å²) in [5.41, 5.74) is 3.15. The minimum atomic E-state index is -0.640. The number of carbonyl (C=O) groups excluding carboxylic acids is 1. The van der Waals surface area contributed by atoms with Gasteiger partial charge in [0.15, 0.2) is 5.17 Å². The highest BCUT2D eigenvalue weighted by Crippen LogP contribution is 2.29. The average Bonchev–Trinajstić information content (AvgIpc) is 2.76. The second-order valence-corrected chi connectivity index (χ2v) is 10.4. The quantitative estimate of drug-likeness (QED) is 0.525. The Kier molecular flexibility index (Phi) is 8.31. The van der Waals surface area contributed by atoms with E-state index in [0.29, 0.717) is 12.1 Å². The molecule has 1 aliphatic rings. The topological polar surface area (TPSA) is 63.2 Å². The van der Waals surface area contributed by atoms with E-state index in [1.807, 2.05) is 65.1 Å². The van der Waals surface area contributed by atoms with Crippen molar-refractivity contribution in [2.24, 2.45) is 4.99 Å². The predicted molar refractivity (Wildman–Crippen MR) is 142 cm³/mol. The van der Waals surface area contributed by atoms with Gasteiger partial charge < -0.3 is 14.8 Å². The number of benzene rings is 2. The second-order valence-electron chi connectivity index (χ2n) is 9.56. The summed E-state index contributed by atoms with van der Waals surface area (Å²) in [6.07, 6.45) is 4.06. The molecule has 0 saturated heterocycles. The van der Waals surface area contributed by atoms with E-state index in [0.717, 1.165) is 16.6 Å². The van der Waals surface area contributed by atoms with Gasteiger partial charge in [-0.1, -0.05) is 41.6 Å². The van der Waals surface area contributed by atoms with Crippen LogP contribution >= 0.6 is 11.8 Å². The number of amides is 1. The number of nitrogens with one attached hydrogen (secondary N) is 1. The van der Waals surface area contributed by atoms with Crippen molar-refractivity contribution in [2.45, 2.75) is 65.7 Å². The Balaban J connectivity index is 2.01. The molecule has 0 saturated carbocycles. The van der Waals surface area contributed by atoms with Gasteiger partial charge in [-0.2, -0.15) is 0 Å². The van der Waals surface area contributed by atoms with E-state index in [2.05, 4.69) is 41.5 Å². The molecule has 182 valence electrons. The van der Waals surface area contributed by atoms with Crippen LogP contribution in [0, 0.1) is 6.92 Å².